The van der Waals surface area contributed by atoms with Crippen molar-refractivity contribution in [2.45, 2.75) is 6.61 Å². The summed E-state index contributed by atoms with van der Waals surface area (Å²) in [6.07, 6.45) is 1.51. The van der Waals surface area contributed by atoms with Crippen molar-refractivity contribution in [2.24, 2.45) is 0 Å². The second kappa shape index (κ2) is 5.81. The Hall–Kier alpha value is -1.25. The van der Waals surface area contributed by atoms with Crippen LogP contribution in [0, 0.1) is 15.9 Å². The summed E-state index contributed by atoms with van der Waals surface area (Å²) in [6, 6.07) is 1.90. The summed E-state index contributed by atoms with van der Waals surface area (Å²) in [4.78, 5) is 14.7. The molecule has 2 rings (SSSR count). The molecule has 0 amide bonds. The lowest BCUT2D eigenvalue weighted by Crippen LogP contribution is -1.99. The Balaban J connectivity index is 2.26. The highest BCUT2D eigenvalue weighted by atomic mass is 79.9. The Morgan fingerprint density at radius 3 is 2.89 bits per heavy atom. The lowest BCUT2D eigenvalue weighted by Gasteiger charge is -2.07. The van der Waals surface area contributed by atoms with Gasteiger partial charge in [-0.1, -0.05) is 11.6 Å². The van der Waals surface area contributed by atoms with Crippen LogP contribution in [0.2, 0.25) is 4.47 Å². The van der Waals surface area contributed by atoms with Crippen molar-refractivity contribution >= 4 is 44.6 Å². The first-order valence-corrected chi connectivity index (χ1v) is 6.82. The molecule has 9 heteroatoms. The van der Waals surface area contributed by atoms with E-state index in [0.717, 1.165) is 12.1 Å². The van der Waals surface area contributed by atoms with Crippen LogP contribution in [-0.4, -0.2) is 9.91 Å². The number of benzene rings is 1. The van der Waals surface area contributed by atoms with Crippen LogP contribution < -0.4 is 4.74 Å². The maximum absolute atomic E-state index is 13.1. The number of ether oxygens (including phenoxy) is 1. The third-order valence-corrected chi connectivity index (χ3v) is 3.75. The average molecular weight is 368 g/mol. The molecule has 1 aromatic carbocycles. The van der Waals surface area contributed by atoms with Gasteiger partial charge in [0.05, 0.1) is 20.3 Å². The van der Waals surface area contributed by atoms with Gasteiger partial charge < -0.3 is 4.74 Å². The predicted octanol–water partition coefficient (Wildman–Crippen LogP) is 4.19. The summed E-state index contributed by atoms with van der Waals surface area (Å²) in [5.41, 5.74) is -0.442. The molecule has 2 aromatic rings. The molecule has 100 valence electrons. The van der Waals surface area contributed by atoms with Gasteiger partial charge >= 0.3 is 5.69 Å². The summed E-state index contributed by atoms with van der Waals surface area (Å²) >= 11 is 9.90. The standard InChI is InChI=1S/C10H5BrClFN2O3S/c11-7-1-5(13)2-8(15(16)17)9(7)18-4-6-3-14-10(12)19-6/h1-3H,4H2. The lowest BCUT2D eigenvalue weighted by molar-refractivity contribution is -0.386. The first-order valence-electron chi connectivity index (χ1n) is 4.84. The summed E-state index contributed by atoms with van der Waals surface area (Å²) < 4.78 is 19.0. The summed E-state index contributed by atoms with van der Waals surface area (Å²) in [7, 11) is 0. The Morgan fingerprint density at radius 1 is 1.58 bits per heavy atom. The molecule has 1 aromatic heterocycles. The summed E-state index contributed by atoms with van der Waals surface area (Å²) in [6.45, 7) is 0.0649. The third kappa shape index (κ3) is 3.40. The highest BCUT2D eigenvalue weighted by Gasteiger charge is 2.21. The third-order valence-electron chi connectivity index (χ3n) is 2.07. The SMILES string of the molecule is O=[N+]([O-])c1cc(F)cc(Br)c1OCc1cnc(Cl)s1. The van der Waals surface area contributed by atoms with Gasteiger partial charge in [0.25, 0.3) is 0 Å². The highest BCUT2D eigenvalue weighted by Crippen LogP contribution is 2.36. The number of nitrogens with zero attached hydrogens (tertiary/aromatic N) is 2. The molecular weight excluding hydrogens is 363 g/mol. The zero-order valence-corrected chi connectivity index (χ0v) is 12.3. The van der Waals surface area contributed by atoms with Crippen LogP contribution >= 0.6 is 38.9 Å². The molecule has 5 nitrogen and oxygen atoms in total. The van der Waals surface area contributed by atoms with E-state index in [-0.39, 0.29) is 16.8 Å². The van der Waals surface area contributed by atoms with Crippen molar-refractivity contribution in [3.05, 3.63) is 48.1 Å². The minimum absolute atomic E-state index is 0.0316. The Kier molecular flexibility index (Phi) is 4.33. The van der Waals surface area contributed by atoms with Gasteiger partial charge in [-0.3, -0.25) is 10.1 Å². The van der Waals surface area contributed by atoms with Gasteiger partial charge in [-0.05, 0) is 22.0 Å². The molecule has 19 heavy (non-hydrogen) atoms. The molecule has 1 heterocycles. The fourth-order valence-corrected chi connectivity index (χ4v) is 2.75. The van der Waals surface area contributed by atoms with Crippen molar-refractivity contribution in [3.63, 3.8) is 0 Å². The maximum Gasteiger partial charge on any atom is 0.315 e. The fourth-order valence-electron chi connectivity index (χ4n) is 1.32. The van der Waals surface area contributed by atoms with Crippen LogP contribution in [0.25, 0.3) is 0 Å². The van der Waals surface area contributed by atoms with Gasteiger partial charge in [0, 0.05) is 6.20 Å². The van der Waals surface area contributed by atoms with Gasteiger partial charge in [0.2, 0.25) is 5.75 Å². The lowest BCUT2D eigenvalue weighted by atomic mass is 10.3. The van der Waals surface area contributed by atoms with E-state index in [2.05, 4.69) is 20.9 Å². The van der Waals surface area contributed by atoms with Crippen molar-refractivity contribution in [1.82, 2.24) is 4.98 Å². The van der Waals surface area contributed by atoms with Crippen LogP contribution in [0.15, 0.2) is 22.8 Å². The molecule has 0 aliphatic carbocycles. The first kappa shape index (κ1) is 14.2. The molecule has 0 fully saturated rings. The minimum atomic E-state index is -0.716. The molecule has 0 atom stereocenters. The molecule has 0 bridgehead atoms. The van der Waals surface area contributed by atoms with Crippen LogP contribution in [-0.2, 0) is 6.61 Å². The van der Waals surface area contributed by atoms with Crippen LogP contribution in [0.4, 0.5) is 10.1 Å². The van der Waals surface area contributed by atoms with E-state index < -0.39 is 16.4 Å². The molecule has 0 spiro atoms. The molecule has 0 saturated carbocycles. The number of rotatable bonds is 4. The summed E-state index contributed by atoms with van der Waals surface area (Å²) in [5.74, 6) is -0.748. The van der Waals surface area contributed by atoms with E-state index in [4.69, 9.17) is 16.3 Å². The molecule has 0 N–H and O–H groups in total. The number of nitro benzene ring substituents is 1. The van der Waals surface area contributed by atoms with Gasteiger partial charge in [0.1, 0.15) is 12.4 Å². The van der Waals surface area contributed by atoms with Gasteiger partial charge in [-0.2, -0.15) is 0 Å². The minimum Gasteiger partial charge on any atom is -0.480 e. The normalized spacial score (nSPS) is 10.5. The number of aromatic nitrogens is 1. The van der Waals surface area contributed by atoms with E-state index in [9.17, 15) is 14.5 Å². The van der Waals surface area contributed by atoms with Crippen molar-refractivity contribution in [2.75, 3.05) is 0 Å². The molecule has 0 aliphatic rings. The van der Waals surface area contributed by atoms with Crippen molar-refractivity contribution < 1.29 is 14.1 Å². The maximum atomic E-state index is 13.1. The molecule has 0 saturated heterocycles. The molecule has 0 aliphatic heterocycles. The second-order valence-corrected chi connectivity index (χ2v) is 5.91. The predicted molar refractivity (Wildman–Crippen MR) is 72.2 cm³/mol. The van der Waals surface area contributed by atoms with Gasteiger partial charge in [-0.25, -0.2) is 9.37 Å². The number of thiazole rings is 1. The number of nitro groups is 1. The van der Waals surface area contributed by atoms with Crippen LogP contribution in [0.5, 0.6) is 5.75 Å². The van der Waals surface area contributed by atoms with E-state index in [1.165, 1.54) is 17.5 Å². The monoisotopic (exact) mass is 366 g/mol. The fraction of sp³-hybridized carbons (Fsp3) is 0.100. The average Bonchev–Trinajstić information content (AvgIpc) is 2.73. The first-order chi connectivity index (χ1) is 8.97. The summed E-state index contributed by atoms with van der Waals surface area (Å²) in [5, 5.41) is 10.8. The topological polar surface area (TPSA) is 65.3 Å². The quantitative estimate of drug-likeness (QED) is 0.600. The number of halogens is 3. The smallest absolute Gasteiger partial charge is 0.315 e. The Labute approximate surface area is 124 Å². The molecule has 0 unspecified atom stereocenters. The molecule has 0 radical (unpaired) electrons. The molecular formula is C10H5BrClFN2O3S. The Morgan fingerprint density at radius 2 is 2.32 bits per heavy atom. The van der Waals surface area contributed by atoms with E-state index in [0.29, 0.717) is 9.34 Å². The van der Waals surface area contributed by atoms with Crippen molar-refractivity contribution in [3.8, 4) is 5.75 Å². The largest absolute Gasteiger partial charge is 0.480 e. The zero-order valence-electron chi connectivity index (χ0n) is 9.10. The van der Waals surface area contributed by atoms with E-state index in [1.54, 1.807) is 0 Å². The highest BCUT2D eigenvalue weighted by molar-refractivity contribution is 9.10. The van der Waals surface area contributed by atoms with E-state index in [1.807, 2.05) is 0 Å². The second-order valence-electron chi connectivity index (χ2n) is 3.36. The van der Waals surface area contributed by atoms with Crippen LogP contribution in [0.3, 0.4) is 0 Å². The number of hydrogen-bond acceptors (Lipinski definition) is 5. The number of hydrogen-bond donors (Lipinski definition) is 0. The van der Waals surface area contributed by atoms with Gasteiger partial charge in [0.15, 0.2) is 4.47 Å². The van der Waals surface area contributed by atoms with Crippen LogP contribution in [0.1, 0.15) is 4.88 Å². The zero-order chi connectivity index (χ0) is 14.0. The van der Waals surface area contributed by atoms with E-state index >= 15 is 0 Å². The Bertz CT molecular complexity index is 637. The van der Waals surface area contributed by atoms with Crippen molar-refractivity contribution in [1.29, 1.82) is 0 Å². The van der Waals surface area contributed by atoms with Gasteiger partial charge in [-0.15, -0.1) is 11.3 Å².